The summed E-state index contributed by atoms with van der Waals surface area (Å²) in [5.74, 6) is 0.0986. The normalized spacial score (nSPS) is 35.3. The number of allylic oxidation sites excluding steroid dienone is 4. The first-order valence-corrected chi connectivity index (χ1v) is 7.50. The van der Waals surface area contributed by atoms with Crippen LogP contribution in [-0.2, 0) is 0 Å². The Morgan fingerprint density at radius 3 is 2.74 bits per heavy atom. The molecule has 3 heteroatoms. The third-order valence-corrected chi connectivity index (χ3v) is 5.08. The van der Waals surface area contributed by atoms with Crippen molar-refractivity contribution >= 4 is 15.9 Å². The van der Waals surface area contributed by atoms with Crippen molar-refractivity contribution in [3.05, 3.63) is 46.2 Å². The van der Waals surface area contributed by atoms with E-state index in [2.05, 4.69) is 34.7 Å². The maximum absolute atomic E-state index is 11.0. The molecule has 0 bridgehead atoms. The van der Waals surface area contributed by atoms with Gasteiger partial charge in [-0.2, -0.15) is 0 Å². The van der Waals surface area contributed by atoms with Crippen molar-refractivity contribution in [3.8, 4) is 0 Å². The Bertz CT molecular complexity index is 487. The number of rotatable bonds is 2. The summed E-state index contributed by atoms with van der Waals surface area (Å²) in [5.41, 5.74) is 0.275. The predicted molar refractivity (Wildman–Crippen MR) is 82.1 cm³/mol. The lowest BCUT2D eigenvalue weighted by Crippen LogP contribution is -2.44. The summed E-state index contributed by atoms with van der Waals surface area (Å²) in [6.07, 6.45) is 9.21. The molecule has 0 saturated carbocycles. The van der Waals surface area contributed by atoms with Crippen LogP contribution in [0.3, 0.4) is 0 Å². The first-order chi connectivity index (χ1) is 8.88. The Morgan fingerprint density at radius 1 is 1.53 bits per heavy atom. The molecule has 3 atom stereocenters. The van der Waals surface area contributed by atoms with Gasteiger partial charge in [-0.25, -0.2) is 0 Å². The topological polar surface area (TPSA) is 40.5 Å². The van der Waals surface area contributed by atoms with Gasteiger partial charge in [-0.05, 0) is 50.7 Å². The summed E-state index contributed by atoms with van der Waals surface area (Å²) in [7, 11) is 0. The molecule has 0 radical (unpaired) electrons. The first-order valence-electron chi connectivity index (χ1n) is 6.71. The monoisotopic (exact) mass is 324 g/mol. The average Bonchev–Trinajstić information content (AvgIpc) is 2.37. The summed E-state index contributed by atoms with van der Waals surface area (Å²) in [6, 6.07) is 0. The van der Waals surface area contributed by atoms with Gasteiger partial charge < -0.3 is 10.2 Å². The minimum absolute atomic E-state index is 0.155. The fourth-order valence-electron chi connectivity index (χ4n) is 2.99. The van der Waals surface area contributed by atoms with Gasteiger partial charge in [-0.3, -0.25) is 0 Å². The van der Waals surface area contributed by atoms with E-state index in [1.165, 1.54) is 0 Å². The highest BCUT2D eigenvalue weighted by Crippen LogP contribution is 2.46. The molecule has 0 amide bonds. The lowest BCUT2D eigenvalue weighted by molar-refractivity contribution is 0.0328. The Labute approximate surface area is 123 Å². The minimum Gasteiger partial charge on any atom is -0.512 e. The maximum Gasteiger partial charge on any atom is 0.115 e. The van der Waals surface area contributed by atoms with Crippen molar-refractivity contribution in [2.75, 3.05) is 0 Å². The molecule has 2 aliphatic rings. The summed E-state index contributed by atoms with van der Waals surface area (Å²) < 4.78 is 0.742. The van der Waals surface area contributed by atoms with E-state index < -0.39 is 5.60 Å². The van der Waals surface area contributed by atoms with E-state index in [0.29, 0.717) is 5.57 Å². The van der Waals surface area contributed by atoms with Crippen molar-refractivity contribution < 1.29 is 10.2 Å². The van der Waals surface area contributed by atoms with Crippen LogP contribution in [0.1, 0.15) is 33.1 Å². The van der Waals surface area contributed by atoms with Crippen LogP contribution in [0.5, 0.6) is 0 Å². The van der Waals surface area contributed by atoms with Crippen LogP contribution in [-0.4, -0.2) is 15.8 Å². The lowest BCUT2D eigenvalue weighted by Gasteiger charge is -2.42. The summed E-state index contributed by atoms with van der Waals surface area (Å²) in [4.78, 5) is 0. The zero-order chi connectivity index (χ0) is 14.2. The predicted octanol–water partition coefficient (Wildman–Crippen LogP) is 4.39. The second kappa shape index (κ2) is 5.29. The van der Waals surface area contributed by atoms with Crippen molar-refractivity contribution in [3.63, 3.8) is 0 Å². The number of hydrogen-bond donors (Lipinski definition) is 2. The molecule has 0 aromatic rings. The summed E-state index contributed by atoms with van der Waals surface area (Å²) >= 11 is 3.41. The van der Waals surface area contributed by atoms with Crippen molar-refractivity contribution in [1.82, 2.24) is 0 Å². The van der Waals surface area contributed by atoms with Gasteiger partial charge in [0, 0.05) is 10.1 Å². The van der Waals surface area contributed by atoms with Crippen LogP contribution in [0.15, 0.2) is 46.2 Å². The largest absolute Gasteiger partial charge is 0.512 e. The molecule has 0 saturated heterocycles. The third kappa shape index (κ3) is 2.46. The Kier molecular flexibility index (Phi) is 4.07. The van der Waals surface area contributed by atoms with Crippen LogP contribution in [0.25, 0.3) is 0 Å². The van der Waals surface area contributed by atoms with Crippen LogP contribution in [0.2, 0.25) is 0 Å². The average molecular weight is 325 g/mol. The van der Waals surface area contributed by atoms with Crippen LogP contribution >= 0.6 is 15.9 Å². The van der Waals surface area contributed by atoms with Crippen LogP contribution in [0.4, 0.5) is 0 Å². The van der Waals surface area contributed by atoms with Gasteiger partial charge in [0.2, 0.25) is 0 Å². The van der Waals surface area contributed by atoms with Gasteiger partial charge in [-0.1, -0.05) is 34.7 Å². The molecule has 2 unspecified atom stereocenters. The minimum atomic E-state index is -1.19. The van der Waals surface area contributed by atoms with E-state index in [9.17, 15) is 10.2 Å². The Balaban J connectivity index is 2.50. The second-order valence-corrected chi connectivity index (χ2v) is 6.46. The van der Waals surface area contributed by atoms with Gasteiger partial charge in [-0.15, -0.1) is 0 Å². The Hall–Kier alpha value is -0.800. The molecular formula is C16H21BrO2. The molecule has 0 aliphatic heterocycles. The van der Waals surface area contributed by atoms with Crippen LogP contribution in [0, 0.1) is 11.8 Å². The molecule has 104 valence electrons. The molecular weight excluding hydrogens is 304 g/mol. The molecule has 0 heterocycles. The fraction of sp³-hybridized carbons (Fsp3) is 0.500. The number of halogens is 1. The van der Waals surface area contributed by atoms with E-state index >= 15 is 0 Å². The zero-order valence-corrected chi connectivity index (χ0v) is 13.1. The molecule has 2 rings (SSSR count). The Morgan fingerprint density at radius 2 is 2.21 bits per heavy atom. The van der Waals surface area contributed by atoms with Crippen molar-refractivity contribution in [2.24, 2.45) is 11.8 Å². The molecule has 2 aliphatic carbocycles. The highest BCUT2D eigenvalue weighted by molar-refractivity contribution is 9.12. The number of aliphatic hydroxyl groups is 2. The zero-order valence-electron chi connectivity index (χ0n) is 11.5. The van der Waals surface area contributed by atoms with E-state index in [-0.39, 0.29) is 17.6 Å². The number of aliphatic hydroxyl groups excluding tert-OH is 1. The highest BCUT2D eigenvalue weighted by Gasteiger charge is 2.45. The fourth-order valence-corrected chi connectivity index (χ4v) is 3.54. The number of hydrogen-bond acceptors (Lipinski definition) is 2. The molecule has 0 aromatic heterocycles. The molecule has 0 aromatic carbocycles. The standard InChI is InChI=1S/C16H21BrO2/c1-10(2)16(19)9-13(17)11(3)15(18)14(16)12-7-5-4-6-8-12/h5,7,9,12,14,18-19H,1,4,6,8H2,2-3H3/t12?,14-,16?/m1/s1. The summed E-state index contributed by atoms with van der Waals surface area (Å²) in [6.45, 7) is 7.59. The van der Waals surface area contributed by atoms with E-state index in [4.69, 9.17) is 0 Å². The second-order valence-electron chi connectivity index (χ2n) is 5.61. The molecule has 19 heavy (non-hydrogen) atoms. The maximum atomic E-state index is 11.0. The SMILES string of the molecule is C=C(C)C1(O)C=C(Br)C(C)=C(O)[C@H]1C1C=CCCC1. The van der Waals surface area contributed by atoms with Gasteiger partial charge in [0.25, 0.3) is 0 Å². The first kappa shape index (κ1) is 14.6. The quantitative estimate of drug-likeness (QED) is 0.739. The van der Waals surface area contributed by atoms with Crippen molar-refractivity contribution in [2.45, 2.75) is 38.7 Å². The summed E-state index contributed by atoms with van der Waals surface area (Å²) in [5, 5.41) is 21.5. The van der Waals surface area contributed by atoms with Gasteiger partial charge in [0.05, 0.1) is 5.92 Å². The molecule has 0 fully saturated rings. The van der Waals surface area contributed by atoms with Gasteiger partial charge in [0.15, 0.2) is 0 Å². The highest BCUT2D eigenvalue weighted by atomic mass is 79.9. The third-order valence-electron chi connectivity index (χ3n) is 4.26. The van der Waals surface area contributed by atoms with E-state index in [1.807, 2.05) is 13.8 Å². The van der Waals surface area contributed by atoms with Crippen molar-refractivity contribution in [1.29, 1.82) is 0 Å². The smallest absolute Gasteiger partial charge is 0.115 e. The van der Waals surface area contributed by atoms with Gasteiger partial charge >= 0.3 is 0 Å². The van der Waals surface area contributed by atoms with Crippen LogP contribution < -0.4 is 0 Å². The molecule has 2 nitrogen and oxygen atoms in total. The van der Waals surface area contributed by atoms with E-state index in [1.54, 1.807) is 6.08 Å². The van der Waals surface area contributed by atoms with E-state index in [0.717, 1.165) is 29.3 Å². The lowest BCUT2D eigenvalue weighted by atomic mass is 9.68. The van der Waals surface area contributed by atoms with Gasteiger partial charge in [0.1, 0.15) is 11.4 Å². The molecule has 2 N–H and O–H groups in total. The molecule has 0 spiro atoms.